The van der Waals surface area contributed by atoms with E-state index in [2.05, 4.69) is 16.7 Å². The van der Waals surface area contributed by atoms with Crippen molar-refractivity contribution < 1.29 is 14.3 Å². The Kier molecular flexibility index (Phi) is 3.72. The van der Waals surface area contributed by atoms with Crippen molar-refractivity contribution in [1.29, 1.82) is 5.26 Å². The van der Waals surface area contributed by atoms with E-state index in [0.717, 1.165) is 4.88 Å². The minimum absolute atomic E-state index is 0.0621. The Morgan fingerprint density at radius 2 is 2.40 bits per heavy atom. The Bertz CT molecular complexity index is 545. The van der Waals surface area contributed by atoms with Crippen LogP contribution in [0.2, 0.25) is 0 Å². The topological polar surface area (TPSA) is 83.4 Å². The van der Waals surface area contributed by atoms with Crippen LogP contribution in [0.5, 0.6) is 0 Å². The average molecular weight is 293 g/mol. The molecule has 0 unspecified atom stereocenters. The zero-order valence-electron chi connectivity index (χ0n) is 10.8. The molecule has 0 saturated carbocycles. The maximum atomic E-state index is 12.1. The molecule has 1 amide bonds. The molecule has 1 aromatic heterocycles. The second-order valence-electron chi connectivity index (χ2n) is 4.88. The fourth-order valence-corrected chi connectivity index (χ4v) is 3.22. The predicted octanol–water partition coefficient (Wildman–Crippen LogP) is 0.341. The summed E-state index contributed by atoms with van der Waals surface area (Å²) in [4.78, 5) is 13.1. The van der Waals surface area contributed by atoms with Gasteiger partial charge in [-0.25, -0.2) is 0 Å². The van der Waals surface area contributed by atoms with Gasteiger partial charge in [-0.05, 0) is 6.07 Å². The van der Waals surface area contributed by atoms with Gasteiger partial charge in [-0.15, -0.1) is 11.3 Å². The summed E-state index contributed by atoms with van der Waals surface area (Å²) in [6.45, 7) is 2.16. The highest BCUT2D eigenvalue weighted by atomic mass is 32.1. The van der Waals surface area contributed by atoms with E-state index in [1.165, 1.54) is 11.3 Å². The van der Waals surface area contributed by atoms with Crippen LogP contribution < -0.4 is 10.6 Å². The van der Waals surface area contributed by atoms with Crippen LogP contribution in [0.3, 0.4) is 0 Å². The lowest BCUT2D eigenvalue weighted by atomic mass is 10.1. The number of ether oxygens (including phenoxy) is 2. The summed E-state index contributed by atoms with van der Waals surface area (Å²) in [5.41, 5.74) is 0.630. The first-order chi connectivity index (χ1) is 9.71. The zero-order valence-corrected chi connectivity index (χ0v) is 11.7. The number of nitrogens with one attached hydrogen (secondary N) is 2. The molecule has 20 heavy (non-hydrogen) atoms. The molecule has 1 spiro atoms. The smallest absolute Gasteiger partial charge is 0.237 e. The van der Waals surface area contributed by atoms with Crippen molar-refractivity contribution in [1.82, 2.24) is 10.6 Å². The van der Waals surface area contributed by atoms with E-state index in [0.29, 0.717) is 38.3 Å². The van der Waals surface area contributed by atoms with E-state index >= 15 is 0 Å². The van der Waals surface area contributed by atoms with Crippen LogP contribution in [0.1, 0.15) is 16.9 Å². The number of thiophene rings is 1. The van der Waals surface area contributed by atoms with E-state index in [1.807, 2.05) is 0 Å². The van der Waals surface area contributed by atoms with Crippen LogP contribution in [-0.2, 0) is 20.8 Å². The van der Waals surface area contributed by atoms with Crippen LogP contribution in [0.25, 0.3) is 0 Å². The van der Waals surface area contributed by atoms with Crippen molar-refractivity contribution in [3.8, 4) is 6.07 Å². The third kappa shape index (κ3) is 2.69. The number of carbonyl (C=O) groups is 1. The summed E-state index contributed by atoms with van der Waals surface area (Å²) >= 11 is 1.47. The monoisotopic (exact) mass is 293 g/mol. The third-order valence-corrected chi connectivity index (χ3v) is 4.42. The number of hydrogen-bond donors (Lipinski definition) is 2. The van der Waals surface area contributed by atoms with Crippen LogP contribution in [0.15, 0.2) is 11.4 Å². The second kappa shape index (κ2) is 5.50. The molecule has 1 aromatic rings. The molecule has 106 valence electrons. The van der Waals surface area contributed by atoms with Gasteiger partial charge in [0.2, 0.25) is 5.91 Å². The van der Waals surface area contributed by atoms with Gasteiger partial charge in [0.15, 0.2) is 5.79 Å². The molecule has 0 bridgehead atoms. The van der Waals surface area contributed by atoms with Crippen LogP contribution in [0, 0.1) is 11.3 Å². The first-order valence-corrected chi connectivity index (χ1v) is 7.35. The Labute approximate surface area is 120 Å². The molecule has 7 heteroatoms. The van der Waals surface area contributed by atoms with Gasteiger partial charge in [-0.1, -0.05) is 0 Å². The van der Waals surface area contributed by atoms with Crippen molar-refractivity contribution >= 4 is 17.2 Å². The highest BCUT2D eigenvalue weighted by molar-refractivity contribution is 7.10. The van der Waals surface area contributed by atoms with E-state index in [1.54, 1.807) is 11.4 Å². The van der Waals surface area contributed by atoms with Gasteiger partial charge < -0.3 is 20.1 Å². The lowest BCUT2D eigenvalue weighted by Crippen LogP contribution is -2.39. The van der Waals surface area contributed by atoms with Crippen molar-refractivity contribution in [2.75, 3.05) is 19.8 Å². The fraction of sp³-hybridized carbons (Fsp3) is 0.538. The zero-order chi connectivity index (χ0) is 14.0. The molecule has 2 saturated heterocycles. The number of nitrogens with zero attached hydrogens (tertiary/aromatic N) is 1. The van der Waals surface area contributed by atoms with Crippen molar-refractivity contribution in [2.45, 2.75) is 24.8 Å². The quantitative estimate of drug-likeness (QED) is 0.839. The largest absolute Gasteiger partial charge is 0.350 e. The first kappa shape index (κ1) is 13.5. The molecule has 3 heterocycles. The molecule has 1 atom stereocenters. The molecule has 2 fully saturated rings. The van der Waals surface area contributed by atoms with E-state index < -0.39 is 5.79 Å². The average Bonchev–Trinajstić information content (AvgIpc) is 3.19. The molecule has 3 rings (SSSR count). The Hall–Kier alpha value is -1.46. The second-order valence-corrected chi connectivity index (χ2v) is 5.87. The van der Waals surface area contributed by atoms with E-state index in [-0.39, 0.29) is 11.9 Å². The first-order valence-electron chi connectivity index (χ1n) is 6.47. The van der Waals surface area contributed by atoms with Crippen LogP contribution in [0.4, 0.5) is 0 Å². The minimum atomic E-state index is -0.612. The van der Waals surface area contributed by atoms with Crippen molar-refractivity contribution in [3.63, 3.8) is 0 Å². The highest BCUT2D eigenvalue weighted by Crippen LogP contribution is 2.29. The van der Waals surface area contributed by atoms with Crippen LogP contribution in [-0.4, -0.2) is 37.5 Å². The summed E-state index contributed by atoms with van der Waals surface area (Å²) in [7, 11) is 0. The molecule has 2 aliphatic heterocycles. The van der Waals surface area contributed by atoms with Gasteiger partial charge >= 0.3 is 0 Å². The number of hydrogen-bond acceptors (Lipinski definition) is 6. The Morgan fingerprint density at radius 3 is 3.10 bits per heavy atom. The Morgan fingerprint density at radius 1 is 1.60 bits per heavy atom. The molecule has 0 radical (unpaired) electrons. The molecule has 0 aromatic carbocycles. The maximum absolute atomic E-state index is 12.1. The Balaban J connectivity index is 1.51. The van der Waals surface area contributed by atoms with Crippen LogP contribution >= 0.6 is 11.3 Å². The molecular weight excluding hydrogens is 278 g/mol. The van der Waals surface area contributed by atoms with Gasteiger partial charge in [0.1, 0.15) is 6.07 Å². The summed E-state index contributed by atoms with van der Waals surface area (Å²) in [5.74, 6) is -0.674. The lowest BCUT2D eigenvalue weighted by Gasteiger charge is -2.19. The van der Waals surface area contributed by atoms with Crippen molar-refractivity contribution in [2.24, 2.45) is 0 Å². The molecule has 0 aliphatic carbocycles. The minimum Gasteiger partial charge on any atom is -0.350 e. The van der Waals surface area contributed by atoms with Gasteiger partial charge in [-0.2, -0.15) is 5.26 Å². The maximum Gasteiger partial charge on any atom is 0.237 e. The highest BCUT2D eigenvalue weighted by Gasteiger charge is 2.46. The molecule has 2 aliphatic rings. The lowest BCUT2D eigenvalue weighted by molar-refractivity contribution is -0.144. The predicted molar refractivity (Wildman–Crippen MR) is 71.9 cm³/mol. The number of rotatable bonds is 3. The SMILES string of the molecule is N#Cc1csc(CNC(=O)[C@@H]2CC3(CN2)OCCO3)c1. The van der Waals surface area contributed by atoms with Gasteiger partial charge in [-0.3, -0.25) is 4.79 Å². The van der Waals surface area contributed by atoms with Gasteiger partial charge in [0, 0.05) is 16.7 Å². The van der Waals surface area contributed by atoms with E-state index in [4.69, 9.17) is 14.7 Å². The number of carbonyl (C=O) groups excluding carboxylic acids is 1. The number of amides is 1. The molecule has 6 nitrogen and oxygen atoms in total. The summed E-state index contributed by atoms with van der Waals surface area (Å²) in [6.07, 6.45) is 0.534. The summed E-state index contributed by atoms with van der Waals surface area (Å²) in [5, 5.41) is 16.5. The standard InChI is InChI=1S/C13H15N3O3S/c14-5-9-3-10(20-7-9)6-15-12(17)11-4-13(8-16-11)18-1-2-19-13/h3,7,11,16H,1-2,4,6,8H2,(H,15,17)/t11-/m0/s1. The van der Waals surface area contributed by atoms with Gasteiger partial charge in [0.05, 0.1) is 37.9 Å². The fourth-order valence-electron chi connectivity index (χ4n) is 2.47. The summed E-state index contributed by atoms with van der Waals surface area (Å²) in [6, 6.07) is 3.58. The van der Waals surface area contributed by atoms with E-state index in [9.17, 15) is 4.79 Å². The number of nitriles is 1. The molecule has 2 N–H and O–H groups in total. The van der Waals surface area contributed by atoms with Crippen molar-refractivity contribution in [3.05, 3.63) is 21.9 Å². The molecular formula is C13H15N3O3S. The van der Waals surface area contributed by atoms with Gasteiger partial charge in [0.25, 0.3) is 0 Å². The third-order valence-electron chi connectivity index (χ3n) is 3.48. The normalized spacial score (nSPS) is 23.9. The summed E-state index contributed by atoms with van der Waals surface area (Å²) < 4.78 is 11.1.